The topological polar surface area (TPSA) is 65.1 Å². The summed E-state index contributed by atoms with van der Waals surface area (Å²) in [7, 11) is 1.62. The van der Waals surface area contributed by atoms with Crippen LogP contribution in [0.4, 0.5) is 0 Å². The molecule has 0 saturated carbocycles. The Labute approximate surface area is 120 Å². The lowest BCUT2D eigenvalue weighted by molar-refractivity contribution is 0.103. The van der Waals surface area contributed by atoms with Gasteiger partial charge in [-0.2, -0.15) is 0 Å². The minimum absolute atomic E-state index is 0. The van der Waals surface area contributed by atoms with Gasteiger partial charge in [-0.1, -0.05) is 0 Å². The second-order valence-corrected chi connectivity index (χ2v) is 4.17. The second kappa shape index (κ2) is 5.30. The van der Waals surface area contributed by atoms with E-state index in [9.17, 15) is 9.59 Å². The predicted octanol–water partition coefficient (Wildman–Crippen LogP) is 2.18. The van der Waals surface area contributed by atoms with E-state index in [1.165, 1.54) is 4.57 Å². The highest BCUT2D eigenvalue weighted by Crippen LogP contribution is 2.16. The number of benzene rings is 1. The van der Waals surface area contributed by atoms with Crippen LogP contribution in [0.3, 0.4) is 0 Å². The quantitative estimate of drug-likeness (QED) is 0.679. The average molecular weight is 291 g/mol. The number of fused-ring (bicyclic) bond motifs is 1. The van der Waals surface area contributed by atoms with Gasteiger partial charge in [0.2, 0.25) is 0 Å². The predicted molar refractivity (Wildman–Crippen MR) is 76.4 cm³/mol. The van der Waals surface area contributed by atoms with Crippen LogP contribution in [-0.2, 0) is 7.05 Å². The fourth-order valence-electron chi connectivity index (χ4n) is 1.95. The van der Waals surface area contributed by atoms with Crippen molar-refractivity contribution >= 4 is 29.3 Å². The molecule has 0 aliphatic heterocycles. The van der Waals surface area contributed by atoms with Gasteiger partial charge in [0.15, 0.2) is 11.4 Å². The van der Waals surface area contributed by atoms with Crippen LogP contribution in [-0.4, -0.2) is 15.3 Å². The van der Waals surface area contributed by atoms with Gasteiger partial charge in [0.1, 0.15) is 0 Å². The van der Waals surface area contributed by atoms with E-state index in [0.29, 0.717) is 22.2 Å². The van der Waals surface area contributed by atoms with Crippen molar-refractivity contribution in [3.63, 3.8) is 0 Å². The fraction of sp³-hybridized carbons (Fsp3) is 0.0714. The molecule has 0 unspecified atom stereocenters. The molecule has 0 aliphatic rings. The van der Waals surface area contributed by atoms with E-state index in [1.54, 1.807) is 49.8 Å². The number of oxazole rings is 1. The summed E-state index contributed by atoms with van der Waals surface area (Å²) in [5.74, 6) is -0.570. The molecule has 6 heteroatoms. The molecule has 0 aliphatic carbocycles. The summed E-state index contributed by atoms with van der Waals surface area (Å²) < 4.78 is 6.47. The molecule has 102 valence electrons. The Balaban J connectivity index is 0.00000147. The monoisotopic (exact) mass is 290 g/mol. The lowest BCUT2D eigenvalue weighted by Crippen LogP contribution is -2.08. The second-order valence-electron chi connectivity index (χ2n) is 4.17. The zero-order valence-electron chi connectivity index (χ0n) is 10.6. The zero-order valence-corrected chi connectivity index (χ0v) is 11.4. The van der Waals surface area contributed by atoms with Crippen molar-refractivity contribution in [2.75, 3.05) is 0 Å². The maximum Gasteiger partial charge on any atom is 0.419 e. The largest absolute Gasteiger partial charge is 0.419 e. The molecular weight excluding hydrogens is 280 g/mol. The fourth-order valence-corrected chi connectivity index (χ4v) is 1.95. The number of ketones is 1. The van der Waals surface area contributed by atoms with Crippen molar-refractivity contribution < 1.29 is 9.21 Å². The highest BCUT2D eigenvalue weighted by Gasteiger charge is 2.12. The van der Waals surface area contributed by atoms with Gasteiger partial charge in [-0.05, 0) is 30.3 Å². The number of carbonyl (C=O) groups is 1. The number of nitrogens with zero attached hydrogens (tertiary/aromatic N) is 2. The Morgan fingerprint density at radius 1 is 1.15 bits per heavy atom. The third-order valence-electron chi connectivity index (χ3n) is 3.00. The summed E-state index contributed by atoms with van der Waals surface area (Å²) in [4.78, 5) is 27.5. The van der Waals surface area contributed by atoms with Crippen LogP contribution >= 0.6 is 12.4 Å². The van der Waals surface area contributed by atoms with E-state index in [2.05, 4.69) is 4.98 Å². The highest BCUT2D eigenvalue weighted by atomic mass is 35.5. The molecule has 0 bridgehead atoms. The molecule has 0 spiro atoms. The molecule has 5 nitrogen and oxygen atoms in total. The lowest BCUT2D eigenvalue weighted by Gasteiger charge is -2.00. The first kappa shape index (κ1) is 14.0. The van der Waals surface area contributed by atoms with Crippen LogP contribution in [0.2, 0.25) is 0 Å². The molecule has 0 atom stereocenters. The SMILES string of the molecule is Cl.Cn1c(=O)oc2cc(C(=O)c3ccncc3)ccc21. The van der Waals surface area contributed by atoms with Crippen LogP contribution in [0.1, 0.15) is 15.9 Å². The van der Waals surface area contributed by atoms with E-state index in [-0.39, 0.29) is 18.2 Å². The number of hydrogen-bond donors (Lipinski definition) is 0. The Kier molecular flexibility index (Phi) is 3.72. The third kappa shape index (κ3) is 2.23. The molecule has 3 aromatic rings. The van der Waals surface area contributed by atoms with Gasteiger partial charge in [0, 0.05) is 30.6 Å². The van der Waals surface area contributed by atoms with E-state index >= 15 is 0 Å². The number of rotatable bonds is 2. The molecule has 20 heavy (non-hydrogen) atoms. The van der Waals surface area contributed by atoms with Crippen molar-refractivity contribution in [3.05, 3.63) is 64.4 Å². The molecule has 0 fully saturated rings. The molecule has 0 radical (unpaired) electrons. The first-order valence-corrected chi connectivity index (χ1v) is 5.71. The number of pyridine rings is 1. The molecular formula is C14H11ClN2O3. The maximum atomic E-state index is 12.2. The van der Waals surface area contributed by atoms with E-state index in [0.717, 1.165) is 0 Å². The minimum Gasteiger partial charge on any atom is -0.408 e. The molecule has 2 aromatic heterocycles. The maximum absolute atomic E-state index is 12.2. The first-order chi connectivity index (χ1) is 9.16. The summed E-state index contributed by atoms with van der Waals surface area (Å²) in [6.07, 6.45) is 3.13. The van der Waals surface area contributed by atoms with Crippen LogP contribution in [0.25, 0.3) is 11.1 Å². The van der Waals surface area contributed by atoms with Gasteiger partial charge in [-0.3, -0.25) is 14.3 Å². The summed E-state index contributed by atoms with van der Waals surface area (Å²) >= 11 is 0. The van der Waals surface area contributed by atoms with E-state index in [4.69, 9.17) is 4.42 Å². The number of carbonyl (C=O) groups excluding carboxylic acids is 1. The molecule has 1 aromatic carbocycles. The van der Waals surface area contributed by atoms with Gasteiger partial charge in [0.05, 0.1) is 5.52 Å². The molecule has 0 N–H and O–H groups in total. The normalized spacial score (nSPS) is 10.2. The van der Waals surface area contributed by atoms with Crippen LogP contribution < -0.4 is 5.76 Å². The molecule has 0 saturated heterocycles. The van der Waals surface area contributed by atoms with E-state index in [1.807, 2.05) is 0 Å². The summed E-state index contributed by atoms with van der Waals surface area (Å²) in [6, 6.07) is 8.26. The van der Waals surface area contributed by atoms with Crippen molar-refractivity contribution in [2.24, 2.45) is 7.05 Å². The molecule has 3 rings (SSSR count). The number of aromatic nitrogens is 2. The van der Waals surface area contributed by atoms with Gasteiger partial charge in [-0.15, -0.1) is 12.4 Å². The minimum atomic E-state index is -0.441. The summed E-state index contributed by atoms with van der Waals surface area (Å²) in [6.45, 7) is 0. The Morgan fingerprint density at radius 2 is 1.85 bits per heavy atom. The zero-order chi connectivity index (χ0) is 13.4. The van der Waals surface area contributed by atoms with Gasteiger partial charge >= 0.3 is 5.76 Å². The third-order valence-corrected chi connectivity index (χ3v) is 3.00. The van der Waals surface area contributed by atoms with Crippen LogP contribution in [0.15, 0.2) is 51.9 Å². The van der Waals surface area contributed by atoms with Crippen molar-refractivity contribution in [3.8, 4) is 0 Å². The Morgan fingerprint density at radius 3 is 2.55 bits per heavy atom. The van der Waals surface area contributed by atoms with E-state index < -0.39 is 5.76 Å². The average Bonchev–Trinajstić information content (AvgIpc) is 2.74. The van der Waals surface area contributed by atoms with Gasteiger partial charge < -0.3 is 4.42 Å². The number of hydrogen-bond acceptors (Lipinski definition) is 4. The van der Waals surface area contributed by atoms with Crippen LogP contribution in [0.5, 0.6) is 0 Å². The van der Waals surface area contributed by atoms with Crippen molar-refractivity contribution in [1.29, 1.82) is 0 Å². The Bertz CT molecular complexity index is 821. The van der Waals surface area contributed by atoms with Crippen molar-refractivity contribution in [2.45, 2.75) is 0 Å². The smallest absolute Gasteiger partial charge is 0.408 e. The van der Waals surface area contributed by atoms with Gasteiger partial charge in [0.25, 0.3) is 0 Å². The van der Waals surface area contributed by atoms with Gasteiger partial charge in [-0.25, -0.2) is 4.79 Å². The van der Waals surface area contributed by atoms with Crippen molar-refractivity contribution in [1.82, 2.24) is 9.55 Å². The summed E-state index contributed by atoms with van der Waals surface area (Å²) in [5, 5.41) is 0. The Hall–Kier alpha value is -2.40. The standard InChI is InChI=1S/C14H10N2O3.ClH/c1-16-11-3-2-10(8-12(11)19-14(16)18)13(17)9-4-6-15-7-5-9;/h2-8H,1H3;1H. The molecule has 0 amide bonds. The summed E-state index contributed by atoms with van der Waals surface area (Å²) in [5.41, 5.74) is 2.10. The number of halogens is 1. The first-order valence-electron chi connectivity index (χ1n) is 5.71. The number of aryl methyl sites for hydroxylation is 1. The lowest BCUT2D eigenvalue weighted by atomic mass is 10.0. The molecule has 2 heterocycles. The van der Waals surface area contributed by atoms with Crippen LogP contribution in [0, 0.1) is 0 Å². The highest BCUT2D eigenvalue weighted by molar-refractivity contribution is 6.10.